The maximum absolute atomic E-state index is 11.4. The van der Waals surface area contributed by atoms with Gasteiger partial charge in [0.15, 0.2) is 11.0 Å². The highest BCUT2D eigenvalue weighted by Gasteiger charge is 2.08. The highest BCUT2D eigenvalue weighted by molar-refractivity contribution is 8.13. The van der Waals surface area contributed by atoms with Crippen molar-refractivity contribution in [3.63, 3.8) is 0 Å². The van der Waals surface area contributed by atoms with E-state index in [-0.39, 0.29) is 5.78 Å². The summed E-state index contributed by atoms with van der Waals surface area (Å²) in [6, 6.07) is 5.44. The first kappa shape index (κ1) is 16.6. The lowest BCUT2D eigenvalue weighted by atomic mass is 10.1. The SMILES string of the molecule is CCCCN=C(N)SCc1cc(C(C)=O)ccc1OC. The van der Waals surface area contributed by atoms with Gasteiger partial charge in [-0.1, -0.05) is 25.1 Å². The third kappa shape index (κ3) is 5.25. The Balaban J connectivity index is 2.72. The van der Waals surface area contributed by atoms with Crippen molar-refractivity contribution in [1.82, 2.24) is 0 Å². The number of methoxy groups -OCH3 is 1. The highest BCUT2D eigenvalue weighted by Crippen LogP contribution is 2.24. The summed E-state index contributed by atoms with van der Waals surface area (Å²) in [6.45, 7) is 4.44. The zero-order valence-corrected chi connectivity index (χ0v) is 13.1. The molecular formula is C15H22N2O2S. The molecule has 0 atom stereocenters. The van der Waals surface area contributed by atoms with Gasteiger partial charge in [0.1, 0.15) is 5.75 Å². The Morgan fingerprint density at radius 1 is 1.45 bits per heavy atom. The van der Waals surface area contributed by atoms with Crippen LogP contribution < -0.4 is 10.5 Å². The molecule has 0 saturated heterocycles. The average molecular weight is 294 g/mol. The summed E-state index contributed by atoms with van der Waals surface area (Å²) in [5, 5.41) is 0.578. The molecule has 4 nitrogen and oxygen atoms in total. The van der Waals surface area contributed by atoms with Crippen LogP contribution in [0.1, 0.15) is 42.6 Å². The Morgan fingerprint density at radius 3 is 2.80 bits per heavy atom. The van der Waals surface area contributed by atoms with Crippen LogP contribution in [0.5, 0.6) is 5.75 Å². The van der Waals surface area contributed by atoms with Crippen LogP contribution in [0.15, 0.2) is 23.2 Å². The number of ketones is 1. The van der Waals surface area contributed by atoms with Crippen LogP contribution in [0.2, 0.25) is 0 Å². The van der Waals surface area contributed by atoms with Crippen LogP contribution in [-0.4, -0.2) is 24.6 Å². The van der Waals surface area contributed by atoms with E-state index in [0.29, 0.717) is 16.5 Å². The third-order valence-corrected chi connectivity index (χ3v) is 3.72. The number of Topliss-reactive ketones (excluding diaryl/α,β-unsaturated/α-hetero) is 1. The van der Waals surface area contributed by atoms with Gasteiger partial charge in [-0.3, -0.25) is 9.79 Å². The van der Waals surface area contributed by atoms with Gasteiger partial charge in [-0.05, 0) is 31.5 Å². The van der Waals surface area contributed by atoms with Crippen molar-refractivity contribution in [3.8, 4) is 5.75 Å². The average Bonchev–Trinajstić information content (AvgIpc) is 2.45. The van der Waals surface area contributed by atoms with Crippen molar-refractivity contribution in [3.05, 3.63) is 29.3 Å². The summed E-state index contributed by atoms with van der Waals surface area (Å²) in [7, 11) is 1.62. The summed E-state index contributed by atoms with van der Waals surface area (Å²) >= 11 is 1.47. The minimum Gasteiger partial charge on any atom is -0.496 e. The fourth-order valence-electron chi connectivity index (χ4n) is 1.66. The van der Waals surface area contributed by atoms with Gasteiger partial charge < -0.3 is 10.5 Å². The second-order valence-electron chi connectivity index (χ2n) is 4.44. The van der Waals surface area contributed by atoms with E-state index < -0.39 is 0 Å². The number of nitrogens with zero attached hydrogens (tertiary/aromatic N) is 1. The summed E-state index contributed by atoms with van der Waals surface area (Å²) in [6.07, 6.45) is 2.15. The van der Waals surface area contributed by atoms with Gasteiger partial charge in [0.25, 0.3) is 0 Å². The topological polar surface area (TPSA) is 64.7 Å². The number of aliphatic imine (C=N–C) groups is 1. The lowest BCUT2D eigenvalue weighted by Gasteiger charge is -2.09. The van der Waals surface area contributed by atoms with E-state index in [0.717, 1.165) is 30.7 Å². The number of ether oxygens (including phenoxy) is 1. The minimum absolute atomic E-state index is 0.0449. The molecule has 5 heteroatoms. The van der Waals surface area contributed by atoms with Gasteiger partial charge in [0.05, 0.1) is 7.11 Å². The van der Waals surface area contributed by atoms with Crippen molar-refractivity contribution in [2.24, 2.45) is 10.7 Å². The molecule has 2 N–H and O–H groups in total. The molecule has 0 aliphatic carbocycles. The summed E-state index contributed by atoms with van der Waals surface area (Å²) in [5.41, 5.74) is 7.50. The summed E-state index contributed by atoms with van der Waals surface area (Å²) in [4.78, 5) is 15.7. The van der Waals surface area contributed by atoms with Gasteiger partial charge >= 0.3 is 0 Å². The van der Waals surface area contributed by atoms with E-state index in [1.54, 1.807) is 20.1 Å². The first-order valence-electron chi connectivity index (χ1n) is 6.69. The minimum atomic E-state index is 0.0449. The van der Waals surface area contributed by atoms with Crippen molar-refractivity contribution in [2.75, 3.05) is 13.7 Å². The lowest BCUT2D eigenvalue weighted by Crippen LogP contribution is -2.08. The van der Waals surface area contributed by atoms with Crippen LogP contribution in [0.3, 0.4) is 0 Å². The number of unbranched alkanes of at least 4 members (excludes halogenated alkanes) is 1. The Kier molecular flexibility index (Phi) is 7.15. The predicted octanol–water partition coefficient (Wildman–Crippen LogP) is 3.25. The van der Waals surface area contributed by atoms with E-state index in [1.807, 2.05) is 12.1 Å². The van der Waals surface area contributed by atoms with E-state index in [9.17, 15) is 4.79 Å². The molecule has 0 amide bonds. The monoisotopic (exact) mass is 294 g/mol. The Bertz CT molecular complexity index is 487. The second-order valence-corrected chi connectivity index (χ2v) is 5.44. The van der Waals surface area contributed by atoms with Gasteiger partial charge in [0, 0.05) is 23.4 Å². The number of nitrogens with two attached hydrogens (primary N) is 1. The van der Waals surface area contributed by atoms with Crippen LogP contribution in [0.25, 0.3) is 0 Å². The maximum atomic E-state index is 11.4. The highest BCUT2D eigenvalue weighted by atomic mass is 32.2. The summed E-state index contributed by atoms with van der Waals surface area (Å²) in [5.74, 6) is 1.46. The number of amidine groups is 1. The van der Waals surface area contributed by atoms with E-state index in [2.05, 4.69) is 11.9 Å². The number of rotatable bonds is 7. The van der Waals surface area contributed by atoms with E-state index in [1.165, 1.54) is 11.8 Å². The molecule has 1 rings (SSSR count). The zero-order valence-electron chi connectivity index (χ0n) is 12.3. The number of hydrogen-bond acceptors (Lipinski definition) is 4. The Hall–Kier alpha value is -1.49. The molecule has 0 fully saturated rings. The number of benzene rings is 1. The molecule has 0 aliphatic heterocycles. The second kappa shape index (κ2) is 8.64. The Labute approximate surface area is 124 Å². The van der Waals surface area contributed by atoms with Gasteiger partial charge in [-0.2, -0.15) is 0 Å². The molecule has 0 radical (unpaired) electrons. The van der Waals surface area contributed by atoms with Crippen LogP contribution in [-0.2, 0) is 5.75 Å². The molecule has 20 heavy (non-hydrogen) atoms. The fraction of sp³-hybridized carbons (Fsp3) is 0.467. The molecule has 0 unspecified atom stereocenters. The van der Waals surface area contributed by atoms with E-state index >= 15 is 0 Å². The zero-order chi connectivity index (χ0) is 15.0. The number of hydrogen-bond donors (Lipinski definition) is 1. The van der Waals surface area contributed by atoms with Crippen LogP contribution in [0.4, 0.5) is 0 Å². The number of carbonyl (C=O) groups is 1. The Morgan fingerprint density at radius 2 is 2.20 bits per heavy atom. The standard InChI is InChI=1S/C15H22N2O2S/c1-4-5-8-17-15(16)20-10-13-9-12(11(2)18)6-7-14(13)19-3/h6-7,9H,4-5,8,10H2,1-3H3,(H2,16,17). The van der Waals surface area contributed by atoms with Crippen molar-refractivity contribution in [1.29, 1.82) is 0 Å². The van der Waals surface area contributed by atoms with Crippen molar-refractivity contribution < 1.29 is 9.53 Å². The van der Waals surface area contributed by atoms with Crippen molar-refractivity contribution in [2.45, 2.75) is 32.4 Å². The first-order chi connectivity index (χ1) is 9.58. The van der Waals surface area contributed by atoms with Crippen LogP contribution in [0, 0.1) is 0 Å². The van der Waals surface area contributed by atoms with E-state index in [4.69, 9.17) is 10.5 Å². The molecule has 0 saturated carbocycles. The van der Waals surface area contributed by atoms with Crippen molar-refractivity contribution >= 4 is 22.7 Å². The normalized spacial score (nSPS) is 11.4. The maximum Gasteiger partial charge on any atom is 0.159 e. The third-order valence-electron chi connectivity index (χ3n) is 2.84. The molecule has 0 heterocycles. The molecule has 0 aromatic heterocycles. The number of carbonyl (C=O) groups excluding carboxylic acids is 1. The van der Waals surface area contributed by atoms with Gasteiger partial charge in [-0.25, -0.2) is 0 Å². The van der Waals surface area contributed by atoms with Crippen LogP contribution >= 0.6 is 11.8 Å². The lowest BCUT2D eigenvalue weighted by molar-refractivity contribution is 0.101. The summed E-state index contributed by atoms with van der Waals surface area (Å²) < 4.78 is 5.31. The molecular weight excluding hydrogens is 272 g/mol. The predicted molar refractivity (Wildman–Crippen MR) is 85.7 cm³/mol. The molecule has 0 bridgehead atoms. The van der Waals surface area contributed by atoms with Gasteiger partial charge in [-0.15, -0.1) is 0 Å². The quantitative estimate of drug-likeness (QED) is 0.363. The molecule has 1 aromatic rings. The first-order valence-corrected chi connectivity index (χ1v) is 7.67. The molecule has 1 aromatic carbocycles. The molecule has 0 aliphatic rings. The van der Waals surface area contributed by atoms with Gasteiger partial charge in [0.2, 0.25) is 0 Å². The molecule has 110 valence electrons. The largest absolute Gasteiger partial charge is 0.496 e. The molecule has 0 spiro atoms. The number of thioether (sulfide) groups is 1. The fourth-order valence-corrected chi connectivity index (χ4v) is 2.37. The smallest absolute Gasteiger partial charge is 0.159 e.